The summed E-state index contributed by atoms with van der Waals surface area (Å²) in [5, 5.41) is 0. The maximum absolute atomic E-state index is 11.8. The second-order valence-corrected chi connectivity index (χ2v) is 4.05. The Hall–Kier alpha value is -0.530. The van der Waals surface area contributed by atoms with Crippen molar-refractivity contribution >= 4 is 5.91 Å². The monoisotopic (exact) mass is 183 g/mol. The highest BCUT2D eigenvalue weighted by Crippen LogP contribution is 2.13. The minimum absolute atomic E-state index is 0.220. The first-order valence-corrected chi connectivity index (χ1v) is 5.54. The largest absolute Gasteiger partial charge is 0.342 e. The number of amides is 1. The molecule has 1 heterocycles. The number of likely N-dealkylation sites (tertiary alicyclic amines) is 1. The Labute approximate surface area is 81.3 Å². The summed E-state index contributed by atoms with van der Waals surface area (Å²) in [4.78, 5) is 13.9. The van der Waals surface area contributed by atoms with Gasteiger partial charge in [0.2, 0.25) is 5.91 Å². The average Bonchev–Trinajstić information content (AvgIpc) is 2.43. The summed E-state index contributed by atoms with van der Waals surface area (Å²) in [6, 6.07) is 0. The fourth-order valence-corrected chi connectivity index (χ4v) is 1.78. The van der Waals surface area contributed by atoms with Crippen molar-refractivity contribution in [3.05, 3.63) is 0 Å². The summed E-state index contributed by atoms with van der Waals surface area (Å²) in [5.41, 5.74) is 0. The topological polar surface area (TPSA) is 20.3 Å². The molecule has 0 bridgehead atoms. The first kappa shape index (κ1) is 10.6. The second kappa shape index (κ2) is 5.25. The van der Waals surface area contributed by atoms with Crippen LogP contribution in [0, 0.1) is 5.92 Å². The van der Waals surface area contributed by atoms with Gasteiger partial charge in [-0.1, -0.05) is 26.7 Å². The predicted molar refractivity (Wildman–Crippen MR) is 54.5 cm³/mol. The summed E-state index contributed by atoms with van der Waals surface area (Å²) in [6.45, 7) is 6.10. The quantitative estimate of drug-likeness (QED) is 0.644. The van der Waals surface area contributed by atoms with Crippen molar-refractivity contribution in [3.8, 4) is 0 Å². The highest BCUT2D eigenvalue weighted by Gasteiger charge is 2.19. The van der Waals surface area contributed by atoms with Crippen LogP contribution >= 0.6 is 0 Å². The normalized spacial score (nSPS) is 20.9. The first-order valence-electron chi connectivity index (χ1n) is 5.54. The van der Waals surface area contributed by atoms with Gasteiger partial charge in [0.05, 0.1) is 0 Å². The Morgan fingerprint density at radius 2 is 1.77 bits per heavy atom. The van der Waals surface area contributed by atoms with Crippen molar-refractivity contribution in [2.45, 2.75) is 46.0 Å². The van der Waals surface area contributed by atoms with Gasteiger partial charge in [0, 0.05) is 19.0 Å². The van der Waals surface area contributed by atoms with E-state index in [1.165, 1.54) is 25.7 Å². The zero-order valence-corrected chi connectivity index (χ0v) is 8.88. The van der Waals surface area contributed by atoms with E-state index in [0.717, 1.165) is 19.5 Å². The Bertz CT molecular complexity index is 159. The Kier molecular flexibility index (Phi) is 4.26. The number of hydrogen-bond acceptors (Lipinski definition) is 1. The smallest absolute Gasteiger partial charge is 0.225 e. The fourth-order valence-electron chi connectivity index (χ4n) is 1.78. The van der Waals surface area contributed by atoms with Crippen LogP contribution in [0.3, 0.4) is 0 Å². The van der Waals surface area contributed by atoms with Gasteiger partial charge >= 0.3 is 0 Å². The standard InChI is InChI=1S/C11H21NO/c1-3-10(2)11(13)12-8-6-4-5-7-9-12/h10H,3-9H2,1-2H3/t10-/m1/s1. The molecule has 0 aromatic heterocycles. The van der Waals surface area contributed by atoms with Gasteiger partial charge in [-0.15, -0.1) is 0 Å². The maximum atomic E-state index is 11.8. The van der Waals surface area contributed by atoms with E-state index in [0.29, 0.717) is 5.91 Å². The molecule has 0 aliphatic carbocycles. The van der Waals surface area contributed by atoms with Crippen LogP contribution in [0.1, 0.15) is 46.0 Å². The zero-order valence-electron chi connectivity index (χ0n) is 8.88. The van der Waals surface area contributed by atoms with E-state index in [1.54, 1.807) is 0 Å². The second-order valence-electron chi connectivity index (χ2n) is 4.05. The third kappa shape index (κ3) is 3.02. The molecule has 0 saturated carbocycles. The van der Waals surface area contributed by atoms with E-state index in [2.05, 4.69) is 11.8 Å². The molecule has 0 N–H and O–H groups in total. The van der Waals surface area contributed by atoms with Gasteiger partial charge in [0.25, 0.3) is 0 Å². The minimum Gasteiger partial charge on any atom is -0.342 e. The van der Waals surface area contributed by atoms with Crippen LogP contribution < -0.4 is 0 Å². The minimum atomic E-state index is 0.220. The van der Waals surface area contributed by atoms with Gasteiger partial charge in [-0.3, -0.25) is 4.79 Å². The fraction of sp³-hybridized carbons (Fsp3) is 0.909. The Morgan fingerprint density at radius 3 is 2.23 bits per heavy atom. The van der Waals surface area contributed by atoms with Crippen LogP contribution in [-0.4, -0.2) is 23.9 Å². The molecule has 1 fully saturated rings. The van der Waals surface area contributed by atoms with Crippen LogP contribution in [0.25, 0.3) is 0 Å². The van der Waals surface area contributed by atoms with Crippen LogP contribution in [0.2, 0.25) is 0 Å². The van der Waals surface area contributed by atoms with E-state index in [1.807, 2.05) is 6.92 Å². The van der Waals surface area contributed by atoms with Crippen LogP contribution in [0.5, 0.6) is 0 Å². The summed E-state index contributed by atoms with van der Waals surface area (Å²) >= 11 is 0. The van der Waals surface area contributed by atoms with E-state index < -0.39 is 0 Å². The number of hydrogen-bond donors (Lipinski definition) is 0. The molecule has 1 aliphatic heterocycles. The summed E-state index contributed by atoms with van der Waals surface area (Å²) in [7, 11) is 0. The zero-order chi connectivity index (χ0) is 9.68. The molecule has 13 heavy (non-hydrogen) atoms. The highest BCUT2D eigenvalue weighted by molar-refractivity contribution is 5.78. The van der Waals surface area contributed by atoms with Crippen LogP contribution in [-0.2, 0) is 4.79 Å². The van der Waals surface area contributed by atoms with Crippen molar-refractivity contribution in [1.29, 1.82) is 0 Å². The highest BCUT2D eigenvalue weighted by atomic mass is 16.2. The lowest BCUT2D eigenvalue weighted by Crippen LogP contribution is -2.35. The number of rotatable bonds is 2. The van der Waals surface area contributed by atoms with Gasteiger partial charge in [-0.25, -0.2) is 0 Å². The third-order valence-electron chi connectivity index (χ3n) is 2.95. The lowest BCUT2D eigenvalue weighted by atomic mass is 10.1. The molecule has 0 aromatic rings. The van der Waals surface area contributed by atoms with E-state index in [-0.39, 0.29) is 5.92 Å². The molecule has 0 spiro atoms. The van der Waals surface area contributed by atoms with Crippen molar-refractivity contribution in [3.63, 3.8) is 0 Å². The summed E-state index contributed by atoms with van der Waals surface area (Å²) < 4.78 is 0. The molecule has 0 unspecified atom stereocenters. The Morgan fingerprint density at radius 1 is 1.23 bits per heavy atom. The van der Waals surface area contributed by atoms with Crippen molar-refractivity contribution in [1.82, 2.24) is 4.90 Å². The maximum Gasteiger partial charge on any atom is 0.225 e. The third-order valence-corrected chi connectivity index (χ3v) is 2.95. The molecule has 76 valence electrons. The van der Waals surface area contributed by atoms with Gasteiger partial charge in [0.15, 0.2) is 0 Å². The summed E-state index contributed by atoms with van der Waals surface area (Å²) in [5.74, 6) is 0.586. The van der Waals surface area contributed by atoms with E-state index in [9.17, 15) is 4.79 Å². The van der Waals surface area contributed by atoms with Crippen LogP contribution in [0.4, 0.5) is 0 Å². The molecule has 1 atom stereocenters. The Balaban J connectivity index is 2.43. The lowest BCUT2D eigenvalue weighted by molar-refractivity contribution is -0.135. The van der Waals surface area contributed by atoms with Crippen molar-refractivity contribution in [2.75, 3.05) is 13.1 Å². The lowest BCUT2D eigenvalue weighted by Gasteiger charge is -2.23. The van der Waals surface area contributed by atoms with E-state index in [4.69, 9.17) is 0 Å². The number of carbonyl (C=O) groups excluding carboxylic acids is 1. The molecule has 1 saturated heterocycles. The predicted octanol–water partition coefficient (Wildman–Crippen LogP) is 2.44. The summed E-state index contributed by atoms with van der Waals surface area (Å²) in [6.07, 6.45) is 5.95. The number of carbonyl (C=O) groups is 1. The average molecular weight is 183 g/mol. The van der Waals surface area contributed by atoms with Gasteiger partial charge in [-0.05, 0) is 19.3 Å². The SMILES string of the molecule is CC[C@@H](C)C(=O)N1CCCCCC1. The molecular formula is C11H21NO. The molecular weight excluding hydrogens is 162 g/mol. The molecule has 1 rings (SSSR count). The first-order chi connectivity index (χ1) is 6.25. The van der Waals surface area contributed by atoms with E-state index >= 15 is 0 Å². The molecule has 1 aliphatic rings. The van der Waals surface area contributed by atoms with Gasteiger partial charge in [0.1, 0.15) is 0 Å². The molecule has 0 radical (unpaired) electrons. The molecule has 1 amide bonds. The van der Waals surface area contributed by atoms with Crippen molar-refractivity contribution < 1.29 is 4.79 Å². The molecule has 2 nitrogen and oxygen atoms in total. The number of nitrogens with zero attached hydrogens (tertiary/aromatic N) is 1. The molecule has 2 heteroatoms. The molecule has 0 aromatic carbocycles. The van der Waals surface area contributed by atoms with Gasteiger partial charge in [-0.2, -0.15) is 0 Å². The van der Waals surface area contributed by atoms with Gasteiger partial charge < -0.3 is 4.90 Å². The van der Waals surface area contributed by atoms with Crippen molar-refractivity contribution in [2.24, 2.45) is 5.92 Å². The van der Waals surface area contributed by atoms with Crippen LogP contribution in [0.15, 0.2) is 0 Å².